The maximum Gasteiger partial charge on any atom is 0.422 e. The lowest BCUT2D eigenvalue weighted by Gasteiger charge is -2.16. The first-order valence-corrected chi connectivity index (χ1v) is 3.89. The van der Waals surface area contributed by atoms with Crippen molar-refractivity contribution in [2.24, 2.45) is 0 Å². The van der Waals surface area contributed by atoms with Gasteiger partial charge in [0, 0.05) is 13.6 Å². The van der Waals surface area contributed by atoms with Gasteiger partial charge in [-0.3, -0.25) is 4.79 Å². The van der Waals surface area contributed by atoms with Gasteiger partial charge in [0.25, 0.3) is 0 Å². The Hall–Kier alpha value is -1.47. The fourth-order valence-electron chi connectivity index (χ4n) is 0.608. The summed E-state index contributed by atoms with van der Waals surface area (Å²) in [5.74, 6) is -1.15. The highest BCUT2D eigenvalue weighted by atomic mass is 19.4. The molecule has 0 rings (SSSR count). The van der Waals surface area contributed by atoms with Crippen molar-refractivity contribution in [3.05, 3.63) is 0 Å². The Morgan fingerprint density at radius 3 is 2.33 bits per heavy atom. The molecule has 0 unspecified atom stereocenters. The van der Waals surface area contributed by atoms with Crippen LogP contribution in [0, 0.1) is 0 Å². The predicted octanol–water partition coefficient (Wildman–Crippen LogP) is 1.09. The number of carboxylic acids is 1. The molecule has 0 aliphatic heterocycles. The number of hydrogen-bond donors (Lipinski definition) is 1. The molecule has 0 fully saturated rings. The summed E-state index contributed by atoms with van der Waals surface area (Å²) >= 11 is 0. The van der Waals surface area contributed by atoms with Crippen LogP contribution in [0.4, 0.5) is 18.0 Å². The minimum absolute atomic E-state index is 0.202. The van der Waals surface area contributed by atoms with Gasteiger partial charge in [-0.1, -0.05) is 0 Å². The van der Waals surface area contributed by atoms with E-state index >= 15 is 0 Å². The summed E-state index contributed by atoms with van der Waals surface area (Å²) in [6.45, 7) is -1.88. The number of amides is 1. The maximum absolute atomic E-state index is 11.6. The number of carbonyl (C=O) groups excluding carboxylic acids is 1. The average Bonchev–Trinajstić information content (AvgIpc) is 2.08. The van der Waals surface area contributed by atoms with Crippen LogP contribution < -0.4 is 0 Å². The third kappa shape index (κ3) is 7.59. The molecule has 0 aromatic heterocycles. The van der Waals surface area contributed by atoms with Crippen LogP contribution in [0.1, 0.15) is 6.42 Å². The van der Waals surface area contributed by atoms with E-state index in [0.717, 1.165) is 11.9 Å². The van der Waals surface area contributed by atoms with Crippen molar-refractivity contribution in [1.29, 1.82) is 0 Å². The highest BCUT2D eigenvalue weighted by Crippen LogP contribution is 2.14. The number of halogens is 3. The molecule has 0 aliphatic carbocycles. The van der Waals surface area contributed by atoms with Gasteiger partial charge in [0.2, 0.25) is 0 Å². The molecule has 0 bridgehead atoms. The van der Waals surface area contributed by atoms with Crippen molar-refractivity contribution >= 4 is 12.1 Å². The van der Waals surface area contributed by atoms with E-state index in [1.165, 1.54) is 0 Å². The maximum atomic E-state index is 11.6. The summed E-state index contributed by atoms with van der Waals surface area (Å²) in [5.41, 5.74) is 0. The van der Waals surface area contributed by atoms with Gasteiger partial charge in [-0.25, -0.2) is 4.79 Å². The van der Waals surface area contributed by atoms with Gasteiger partial charge in [0.05, 0.1) is 6.42 Å². The van der Waals surface area contributed by atoms with Crippen molar-refractivity contribution in [2.75, 3.05) is 20.2 Å². The third-order valence-electron chi connectivity index (χ3n) is 1.33. The van der Waals surface area contributed by atoms with E-state index in [0.29, 0.717) is 0 Å². The zero-order chi connectivity index (χ0) is 12.1. The molecule has 0 aromatic rings. The molecule has 88 valence electrons. The van der Waals surface area contributed by atoms with Crippen LogP contribution in [0.3, 0.4) is 0 Å². The Balaban J connectivity index is 3.84. The molecule has 0 radical (unpaired) electrons. The highest BCUT2D eigenvalue weighted by molar-refractivity contribution is 5.70. The number of alkyl halides is 3. The number of aliphatic carboxylic acids is 1. The number of ether oxygens (including phenoxy) is 1. The lowest BCUT2D eigenvalue weighted by molar-refractivity contribution is -0.162. The van der Waals surface area contributed by atoms with Crippen LogP contribution in [0.2, 0.25) is 0 Å². The summed E-state index contributed by atoms with van der Waals surface area (Å²) in [7, 11) is 1.15. The molecular weight excluding hydrogens is 219 g/mol. The fourth-order valence-corrected chi connectivity index (χ4v) is 0.608. The normalized spacial score (nSPS) is 10.9. The Labute approximate surface area is 83.4 Å². The Morgan fingerprint density at radius 2 is 1.93 bits per heavy atom. The molecule has 8 heteroatoms. The van der Waals surface area contributed by atoms with Gasteiger partial charge in [-0.15, -0.1) is 0 Å². The first kappa shape index (κ1) is 13.5. The molecule has 0 saturated heterocycles. The molecule has 5 nitrogen and oxygen atoms in total. The zero-order valence-corrected chi connectivity index (χ0v) is 7.87. The monoisotopic (exact) mass is 229 g/mol. The van der Waals surface area contributed by atoms with Crippen molar-refractivity contribution in [1.82, 2.24) is 4.90 Å². The summed E-state index contributed by atoms with van der Waals surface area (Å²) < 4.78 is 38.7. The summed E-state index contributed by atoms with van der Waals surface area (Å²) in [5, 5.41) is 8.24. The number of carbonyl (C=O) groups is 2. The fraction of sp³-hybridized carbons (Fsp3) is 0.714. The number of rotatable bonds is 4. The van der Waals surface area contributed by atoms with Crippen LogP contribution in [0.25, 0.3) is 0 Å². The lowest BCUT2D eigenvalue weighted by atomic mass is 10.4. The van der Waals surface area contributed by atoms with Crippen LogP contribution in [-0.2, 0) is 9.53 Å². The molecule has 0 heterocycles. The molecule has 0 aromatic carbocycles. The van der Waals surface area contributed by atoms with E-state index in [-0.39, 0.29) is 13.0 Å². The average molecular weight is 229 g/mol. The first-order valence-electron chi connectivity index (χ1n) is 3.89. The topological polar surface area (TPSA) is 66.8 Å². The molecule has 1 N–H and O–H groups in total. The quantitative estimate of drug-likeness (QED) is 0.783. The number of nitrogens with zero attached hydrogens (tertiary/aromatic N) is 1. The third-order valence-corrected chi connectivity index (χ3v) is 1.33. The number of hydrogen-bond acceptors (Lipinski definition) is 3. The van der Waals surface area contributed by atoms with Crippen LogP contribution >= 0.6 is 0 Å². The van der Waals surface area contributed by atoms with E-state index in [9.17, 15) is 22.8 Å². The highest BCUT2D eigenvalue weighted by Gasteiger charge is 2.30. The van der Waals surface area contributed by atoms with Crippen molar-refractivity contribution < 1.29 is 32.6 Å². The predicted molar refractivity (Wildman–Crippen MR) is 42.3 cm³/mol. The van der Waals surface area contributed by atoms with Gasteiger partial charge in [0.1, 0.15) is 0 Å². The summed E-state index contributed by atoms with van der Waals surface area (Å²) in [6, 6.07) is 0. The Morgan fingerprint density at radius 1 is 1.40 bits per heavy atom. The second kappa shape index (κ2) is 5.42. The lowest BCUT2D eigenvalue weighted by Crippen LogP contribution is -2.32. The standard InChI is InChI=1S/C7H10F3NO4/c1-11(3-2-5(12)13)6(14)15-4-7(8,9)10/h2-4H2,1H3,(H,12,13). The minimum Gasteiger partial charge on any atom is -0.481 e. The largest absolute Gasteiger partial charge is 0.481 e. The molecule has 0 spiro atoms. The summed E-state index contributed by atoms with van der Waals surface area (Å²) in [6.07, 6.45) is -6.13. The SMILES string of the molecule is CN(CCC(=O)O)C(=O)OCC(F)(F)F. The minimum atomic E-state index is -4.58. The second-order valence-corrected chi connectivity index (χ2v) is 2.74. The van der Waals surface area contributed by atoms with E-state index in [1.54, 1.807) is 0 Å². The van der Waals surface area contributed by atoms with Crippen molar-refractivity contribution in [3.63, 3.8) is 0 Å². The van der Waals surface area contributed by atoms with E-state index in [4.69, 9.17) is 5.11 Å². The van der Waals surface area contributed by atoms with Gasteiger partial charge < -0.3 is 14.7 Å². The summed E-state index contributed by atoms with van der Waals surface area (Å²) in [4.78, 5) is 21.7. The van der Waals surface area contributed by atoms with E-state index < -0.39 is 24.8 Å². The molecule has 0 aliphatic rings. The first-order chi connectivity index (χ1) is 6.72. The molecule has 0 saturated carbocycles. The molecule has 1 amide bonds. The van der Waals surface area contributed by atoms with Crippen LogP contribution in [-0.4, -0.2) is 48.4 Å². The van der Waals surface area contributed by atoms with Crippen molar-refractivity contribution in [3.8, 4) is 0 Å². The zero-order valence-electron chi connectivity index (χ0n) is 7.87. The molecule has 15 heavy (non-hydrogen) atoms. The van der Waals surface area contributed by atoms with Gasteiger partial charge in [0.15, 0.2) is 6.61 Å². The second-order valence-electron chi connectivity index (χ2n) is 2.74. The van der Waals surface area contributed by atoms with E-state index in [2.05, 4.69) is 4.74 Å². The van der Waals surface area contributed by atoms with Crippen LogP contribution in [0.5, 0.6) is 0 Å². The molecular formula is C7H10F3NO4. The van der Waals surface area contributed by atoms with Gasteiger partial charge in [-0.05, 0) is 0 Å². The Bertz CT molecular complexity index is 241. The number of carboxylic acid groups (broad SMARTS) is 1. The van der Waals surface area contributed by atoms with Gasteiger partial charge in [-0.2, -0.15) is 13.2 Å². The van der Waals surface area contributed by atoms with Gasteiger partial charge >= 0.3 is 18.2 Å². The van der Waals surface area contributed by atoms with Crippen LogP contribution in [0.15, 0.2) is 0 Å². The molecule has 0 atom stereocenters. The Kier molecular flexibility index (Phi) is 4.89. The van der Waals surface area contributed by atoms with Crippen molar-refractivity contribution in [2.45, 2.75) is 12.6 Å². The van der Waals surface area contributed by atoms with E-state index in [1.807, 2.05) is 0 Å². The smallest absolute Gasteiger partial charge is 0.422 e.